The smallest absolute Gasteiger partial charge is 0.289 e. The summed E-state index contributed by atoms with van der Waals surface area (Å²) in [7, 11) is -2.44. The van der Waals surface area contributed by atoms with Gasteiger partial charge in [0, 0.05) is 17.5 Å². The van der Waals surface area contributed by atoms with Crippen LogP contribution in [0.5, 0.6) is 0 Å². The molecule has 2 N–H and O–H groups in total. The van der Waals surface area contributed by atoms with Gasteiger partial charge in [-0.1, -0.05) is 6.07 Å². The Morgan fingerprint density at radius 2 is 2.28 bits per heavy atom. The minimum Gasteiger partial charge on any atom is -0.438 e. The largest absolute Gasteiger partial charge is 0.438 e. The zero-order chi connectivity index (χ0) is 18.0. The fourth-order valence-electron chi connectivity index (χ4n) is 3.02. The quantitative estimate of drug-likeness (QED) is 0.793. The van der Waals surface area contributed by atoms with Crippen molar-refractivity contribution in [2.75, 3.05) is 13.6 Å². The molecule has 2 atom stereocenters. The molecule has 1 saturated heterocycles. The molecule has 25 heavy (non-hydrogen) atoms. The van der Waals surface area contributed by atoms with Gasteiger partial charge >= 0.3 is 0 Å². The number of nitrogens with one attached hydrogen (secondary N) is 1. The third-order valence-electron chi connectivity index (χ3n) is 4.33. The summed E-state index contributed by atoms with van der Waals surface area (Å²) in [6, 6.07) is 6.30. The van der Waals surface area contributed by atoms with Crippen LogP contribution in [0.1, 0.15) is 40.8 Å². The number of hydrogen-bond donors (Lipinski definition) is 2. The van der Waals surface area contributed by atoms with Gasteiger partial charge in [-0.3, -0.25) is 4.79 Å². The first-order valence-electron chi connectivity index (χ1n) is 7.98. The van der Waals surface area contributed by atoms with Crippen molar-refractivity contribution in [3.63, 3.8) is 0 Å². The van der Waals surface area contributed by atoms with E-state index in [1.807, 2.05) is 17.5 Å². The highest BCUT2D eigenvalue weighted by Gasteiger charge is 2.33. The molecular formula is C16H20N2O5S2. The molecule has 136 valence electrons. The van der Waals surface area contributed by atoms with Gasteiger partial charge in [0.25, 0.3) is 15.9 Å². The van der Waals surface area contributed by atoms with Crippen molar-refractivity contribution in [2.24, 2.45) is 0 Å². The molecule has 0 spiro atoms. The predicted molar refractivity (Wildman–Crippen MR) is 92.9 cm³/mol. The molecule has 2 aromatic heterocycles. The number of aliphatic hydroxyl groups excluding tert-OH is 1. The summed E-state index contributed by atoms with van der Waals surface area (Å²) in [5, 5.41) is 12.0. The number of sulfonamides is 1. The van der Waals surface area contributed by atoms with E-state index in [9.17, 15) is 18.3 Å². The maximum atomic E-state index is 12.7. The number of carbonyl (C=O) groups excluding carboxylic acids is 1. The van der Waals surface area contributed by atoms with E-state index in [2.05, 4.69) is 4.72 Å². The van der Waals surface area contributed by atoms with E-state index < -0.39 is 16.1 Å². The maximum Gasteiger partial charge on any atom is 0.289 e. The Morgan fingerprint density at radius 3 is 2.96 bits per heavy atom. The first-order valence-corrected chi connectivity index (χ1v) is 10.3. The number of rotatable bonds is 6. The molecule has 0 radical (unpaired) electrons. The van der Waals surface area contributed by atoms with Crippen LogP contribution in [0.25, 0.3) is 0 Å². The topological polar surface area (TPSA) is 99.9 Å². The fraction of sp³-hybridized carbons (Fsp3) is 0.438. The van der Waals surface area contributed by atoms with Crippen LogP contribution in [0.15, 0.2) is 39.2 Å². The maximum absolute atomic E-state index is 12.7. The Bertz CT molecular complexity index is 829. The third-order valence-corrected chi connectivity index (χ3v) is 6.59. The van der Waals surface area contributed by atoms with Crippen LogP contribution in [0.2, 0.25) is 0 Å². The monoisotopic (exact) mass is 384 g/mol. The molecular weight excluding hydrogens is 364 g/mol. The van der Waals surface area contributed by atoms with Crippen LogP contribution in [0, 0.1) is 0 Å². The van der Waals surface area contributed by atoms with Gasteiger partial charge in [-0.2, -0.15) is 0 Å². The van der Waals surface area contributed by atoms with Crippen LogP contribution >= 0.6 is 11.3 Å². The van der Waals surface area contributed by atoms with Gasteiger partial charge in [-0.05, 0) is 49.9 Å². The summed E-state index contributed by atoms with van der Waals surface area (Å²) in [6.45, 7) is 0.565. The van der Waals surface area contributed by atoms with Crippen LogP contribution < -0.4 is 4.72 Å². The summed E-state index contributed by atoms with van der Waals surface area (Å²) < 4.78 is 30.9. The molecule has 0 aromatic carbocycles. The number of furan rings is 1. The summed E-state index contributed by atoms with van der Waals surface area (Å²) >= 11 is 1.48. The summed E-state index contributed by atoms with van der Waals surface area (Å²) in [6.07, 6.45) is 1.48. The lowest BCUT2D eigenvalue weighted by atomic mass is 10.1. The summed E-state index contributed by atoms with van der Waals surface area (Å²) in [5.41, 5.74) is 0. The van der Waals surface area contributed by atoms with Crippen LogP contribution in [0.4, 0.5) is 0 Å². The lowest BCUT2D eigenvalue weighted by molar-refractivity contribution is 0.0634. The van der Waals surface area contributed by atoms with Crippen LogP contribution in [0.3, 0.4) is 0 Å². The molecule has 0 bridgehead atoms. The average molecular weight is 384 g/mol. The van der Waals surface area contributed by atoms with Gasteiger partial charge in [0.05, 0.1) is 6.10 Å². The number of nitrogens with zero attached hydrogens (tertiary/aromatic N) is 1. The Balaban J connectivity index is 1.73. The lowest BCUT2D eigenvalue weighted by Gasteiger charge is -2.25. The normalized spacial score (nSPS) is 19.3. The fourth-order valence-corrected chi connectivity index (χ4v) is 4.40. The van der Waals surface area contributed by atoms with E-state index in [0.29, 0.717) is 13.0 Å². The highest BCUT2D eigenvalue weighted by Crippen LogP contribution is 2.30. The van der Waals surface area contributed by atoms with Gasteiger partial charge in [0.2, 0.25) is 5.09 Å². The first-order chi connectivity index (χ1) is 11.9. The summed E-state index contributed by atoms with van der Waals surface area (Å²) in [4.78, 5) is 15.2. The summed E-state index contributed by atoms with van der Waals surface area (Å²) in [5.74, 6) is -0.357. The van der Waals surface area contributed by atoms with Crippen molar-refractivity contribution in [1.82, 2.24) is 9.62 Å². The molecule has 1 fully saturated rings. The Hall–Kier alpha value is -1.68. The Morgan fingerprint density at radius 1 is 1.48 bits per heavy atom. The number of likely N-dealkylation sites (tertiary alicyclic amines) is 1. The molecule has 0 unspecified atom stereocenters. The van der Waals surface area contributed by atoms with Gasteiger partial charge in [0.15, 0.2) is 5.76 Å². The average Bonchev–Trinajstić information content (AvgIpc) is 3.34. The third kappa shape index (κ3) is 3.79. The van der Waals surface area contributed by atoms with E-state index in [1.165, 1.54) is 30.5 Å². The van der Waals surface area contributed by atoms with Gasteiger partial charge in [-0.25, -0.2) is 13.1 Å². The zero-order valence-electron chi connectivity index (χ0n) is 13.7. The van der Waals surface area contributed by atoms with Gasteiger partial charge < -0.3 is 14.4 Å². The lowest BCUT2D eigenvalue weighted by Crippen LogP contribution is -2.36. The molecule has 2 aromatic rings. The minimum atomic E-state index is -3.72. The van der Waals surface area contributed by atoms with Gasteiger partial charge in [-0.15, -0.1) is 11.3 Å². The molecule has 1 amide bonds. The van der Waals surface area contributed by atoms with Crippen molar-refractivity contribution in [2.45, 2.75) is 36.5 Å². The van der Waals surface area contributed by atoms with E-state index in [4.69, 9.17) is 4.42 Å². The highest BCUT2D eigenvalue weighted by molar-refractivity contribution is 7.89. The highest BCUT2D eigenvalue weighted by atomic mass is 32.2. The number of carbonyl (C=O) groups is 1. The number of amides is 1. The van der Waals surface area contributed by atoms with Gasteiger partial charge in [0.1, 0.15) is 0 Å². The van der Waals surface area contributed by atoms with Crippen molar-refractivity contribution >= 4 is 27.3 Å². The second-order valence-electron chi connectivity index (χ2n) is 5.89. The van der Waals surface area contributed by atoms with Crippen LogP contribution in [-0.2, 0) is 10.0 Å². The number of aliphatic hydroxyl groups is 1. The minimum absolute atomic E-state index is 0.00802. The predicted octanol–water partition coefficient (Wildman–Crippen LogP) is 1.98. The molecule has 7 nitrogen and oxygen atoms in total. The van der Waals surface area contributed by atoms with Crippen LogP contribution in [-0.4, -0.2) is 44.0 Å². The molecule has 0 saturated carbocycles. The van der Waals surface area contributed by atoms with E-state index in [0.717, 1.165) is 17.7 Å². The number of hydrogen-bond acceptors (Lipinski definition) is 6. The molecule has 3 heterocycles. The van der Waals surface area contributed by atoms with Crippen molar-refractivity contribution in [3.8, 4) is 0 Å². The van der Waals surface area contributed by atoms with Crippen molar-refractivity contribution in [3.05, 3.63) is 40.3 Å². The van der Waals surface area contributed by atoms with Crippen molar-refractivity contribution in [1.29, 1.82) is 0 Å². The zero-order valence-corrected chi connectivity index (χ0v) is 15.3. The molecule has 9 heteroatoms. The number of thiophene rings is 1. The molecule has 3 rings (SSSR count). The van der Waals surface area contributed by atoms with Crippen molar-refractivity contribution < 1.29 is 22.7 Å². The van der Waals surface area contributed by atoms with E-state index in [1.54, 1.807) is 4.90 Å². The second-order valence-corrected chi connectivity index (χ2v) is 8.68. The van der Waals surface area contributed by atoms with E-state index >= 15 is 0 Å². The Kier molecular flexibility index (Phi) is 5.28. The second kappa shape index (κ2) is 7.28. The Labute approximate surface area is 150 Å². The SMILES string of the molecule is CNS(=O)(=O)c1ccc(C(=O)N2CCC[C@H]2C[C@H](O)c2cccs2)o1. The first kappa shape index (κ1) is 18.1. The molecule has 1 aliphatic heterocycles. The standard InChI is InChI=1S/C16H20N2O5S2/c1-17-25(21,22)15-7-6-13(23-15)16(20)18-8-2-4-11(18)10-12(19)14-5-3-9-24-14/h3,5-7,9,11-12,17,19H,2,4,8,10H2,1H3/t11-,12-/m0/s1. The molecule has 1 aliphatic rings. The molecule has 0 aliphatic carbocycles. The van der Waals surface area contributed by atoms with E-state index in [-0.39, 0.29) is 22.8 Å².